The number of rotatable bonds is 10. The van der Waals surface area contributed by atoms with Crippen LogP contribution in [0.15, 0.2) is 53.7 Å². The lowest BCUT2D eigenvalue weighted by atomic mass is 9.93. The van der Waals surface area contributed by atoms with Crippen LogP contribution >= 0.6 is 0 Å². The van der Waals surface area contributed by atoms with Gasteiger partial charge >= 0.3 is 5.97 Å². The minimum absolute atomic E-state index is 0.304. The summed E-state index contributed by atoms with van der Waals surface area (Å²) in [5, 5.41) is 3.43. The van der Waals surface area contributed by atoms with Gasteiger partial charge in [0.15, 0.2) is 11.5 Å². The first kappa shape index (κ1) is 24.6. The van der Waals surface area contributed by atoms with Gasteiger partial charge in [-0.1, -0.05) is 45.4 Å². The zero-order valence-electron chi connectivity index (χ0n) is 21.3. The van der Waals surface area contributed by atoms with Gasteiger partial charge in [0.1, 0.15) is 0 Å². The topological polar surface area (TPSA) is 74.6 Å². The molecule has 0 spiro atoms. The number of aromatic nitrogens is 2. The van der Waals surface area contributed by atoms with E-state index >= 15 is 0 Å². The highest BCUT2D eigenvalue weighted by molar-refractivity contribution is 5.94. The van der Waals surface area contributed by atoms with E-state index in [0.29, 0.717) is 48.6 Å². The fraction of sp³-hybridized carbons (Fsp3) is 0.429. The van der Waals surface area contributed by atoms with Crippen LogP contribution in [0.1, 0.15) is 58.6 Å². The molecule has 0 aliphatic carbocycles. The Labute approximate surface area is 207 Å². The number of esters is 1. The quantitative estimate of drug-likeness (QED) is 0.356. The predicted molar refractivity (Wildman–Crippen MR) is 138 cm³/mol. The highest BCUT2D eigenvalue weighted by Gasteiger charge is 2.36. The van der Waals surface area contributed by atoms with Crippen molar-refractivity contribution in [2.24, 2.45) is 5.92 Å². The molecule has 0 saturated carbocycles. The molecule has 1 aliphatic heterocycles. The molecule has 0 bridgehead atoms. The van der Waals surface area contributed by atoms with E-state index in [0.717, 1.165) is 35.1 Å². The molecule has 1 aliphatic rings. The summed E-state index contributed by atoms with van der Waals surface area (Å²) >= 11 is 0. The fourth-order valence-corrected chi connectivity index (χ4v) is 4.48. The van der Waals surface area contributed by atoms with E-state index in [1.807, 2.05) is 49.4 Å². The van der Waals surface area contributed by atoms with Gasteiger partial charge in [0.05, 0.1) is 43.0 Å². The Morgan fingerprint density at radius 3 is 2.66 bits per heavy atom. The van der Waals surface area contributed by atoms with Crippen molar-refractivity contribution < 1.29 is 19.0 Å². The second-order valence-electron chi connectivity index (χ2n) is 9.13. The van der Waals surface area contributed by atoms with E-state index in [9.17, 15) is 4.79 Å². The molecule has 186 valence electrons. The SMILES string of the molecule is CCCC1=C(C(=O)OCC)[C@H](c2ccc(OCCC(C)C)c(OC)c2)n2c(nc3ccccc32)N1. The van der Waals surface area contributed by atoms with Crippen LogP contribution in [-0.4, -0.2) is 35.8 Å². The van der Waals surface area contributed by atoms with Gasteiger partial charge in [0, 0.05) is 5.70 Å². The Morgan fingerprint density at radius 2 is 1.94 bits per heavy atom. The Bertz CT molecular complexity index is 1230. The number of imidazole rings is 1. The Kier molecular flexibility index (Phi) is 7.63. The Morgan fingerprint density at radius 1 is 1.14 bits per heavy atom. The standard InChI is InChI=1S/C28H35N3O4/c1-6-10-21-25(27(32)34-7-2)26(31-22-12-9-8-11-20(22)29-28(31)30-21)19-13-14-23(24(17-19)33-5)35-16-15-18(3)4/h8-9,11-14,17-18,26H,6-7,10,15-16H2,1-5H3,(H,29,30)/t26-/m0/s1. The predicted octanol–water partition coefficient (Wildman–Crippen LogP) is 6.10. The van der Waals surface area contributed by atoms with Crippen LogP contribution in [-0.2, 0) is 9.53 Å². The van der Waals surface area contributed by atoms with Gasteiger partial charge in [-0.15, -0.1) is 0 Å². The van der Waals surface area contributed by atoms with Crippen LogP contribution in [0.2, 0.25) is 0 Å². The van der Waals surface area contributed by atoms with Crippen molar-refractivity contribution in [3.63, 3.8) is 0 Å². The van der Waals surface area contributed by atoms with Crippen molar-refractivity contribution in [3.05, 3.63) is 59.3 Å². The first-order valence-electron chi connectivity index (χ1n) is 12.4. The van der Waals surface area contributed by atoms with Crippen LogP contribution < -0.4 is 14.8 Å². The van der Waals surface area contributed by atoms with Gasteiger partial charge < -0.3 is 19.5 Å². The third-order valence-corrected chi connectivity index (χ3v) is 6.17. The highest BCUT2D eigenvalue weighted by atomic mass is 16.5. The third-order valence-electron chi connectivity index (χ3n) is 6.17. The van der Waals surface area contributed by atoms with Gasteiger partial charge in [-0.25, -0.2) is 9.78 Å². The monoisotopic (exact) mass is 477 g/mol. The van der Waals surface area contributed by atoms with E-state index in [-0.39, 0.29) is 5.97 Å². The van der Waals surface area contributed by atoms with Crippen LogP contribution in [0.3, 0.4) is 0 Å². The molecule has 0 amide bonds. The van der Waals surface area contributed by atoms with Crippen molar-refractivity contribution >= 4 is 23.0 Å². The second-order valence-corrected chi connectivity index (χ2v) is 9.13. The number of hydrogen-bond donors (Lipinski definition) is 1. The molecule has 1 aromatic heterocycles. The summed E-state index contributed by atoms with van der Waals surface area (Å²) in [6.07, 6.45) is 2.55. The van der Waals surface area contributed by atoms with E-state index < -0.39 is 6.04 Å². The number of nitrogens with zero attached hydrogens (tertiary/aromatic N) is 2. The molecule has 4 rings (SSSR count). The largest absolute Gasteiger partial charge is 0.493 e. The summed E-state index contributed by atoms with van der Waals surface area (Å²) in [6, 6.07) is 13.4. The molecule has 35 heavy (non-hydrogen) atoms. The van der Waals surface area contributed by atoms with Crippen LogP contribution in [0.4, 0.5) is 5.95 Å². The fourth-order valence-electron chi connectivity index (χ4n) is 4.48. The number of carbonyl (C=O) groups is 1. The second kappa shape index (κ2) is 10.8. The van der Waals surface area contributed by atoms with Crippen LogP contribution in [0, 0.1) is 5.92 Å². The molecule has 1 N–H and O–H groups in total. The van der Waals surface area contributed by atoms with E-state index in [2.05, 4.69) is 30.7 Å². The molecular weight excluding hydrogens is 442 g/mol. The molecule has 7 nitrogen and oxygen atoms in total. The molecule has 0 unspecified atom stereocenters. The van der Waals surface area contributed by atoms with Gasteiger partial charge in [-0.05, 0) is 55.5 Å². The van der Waals surface area contributed by atoms with Crippen molar-refractivity contribution in [1.82, 2.24) is 9.55 Å². The van der Waals surface area contributed by atoms with Gasteiger partial charge in [-0.3, -0.25) is 4.57 Å². The summed E-state index contributed by atoms with van der Waals surface area (Å²) in [4.78, 5) is 18.2. The summed E-state index contributed by atoms with van der Waals surface area (Å²) in [7, 11) is 1.64. The number of fused-ring (bicyclic) bond motifs is 3. The third kappa shape index (κ3) is 4.99. The van der Waals surface area contributed by atoms with Crippen molar-refractivity contribution in [2.45, 2.75) is 53.0 Å². The highest BCUT2D eigenvalue weighted by Crippen LogP contribution is 2.42. The smallest absolute Gasteiger partial charge is 0.338 e. The molecule has 3 aromatic rings. The molecule has 2 heterocycles. The maximum Gasteiger partial charge on any atom is 0.338 e. The first-order chi connectivity index (χ1) is 17.0. The number of nitrogens with one attached hydrogen (secondary N) is 1. The van der Waals surface area contributed by atoms with Crippen molar-refractivity contribution in [3.8, 4) is 11.5 Å². The molecule has 0 saturated heterocycles. The average Bonchev–Trinajstić information content (AvgIpc) is 3.21. The lowest BCUT2D eigenvalue weighted by Crippen LogP contribution is -2.29. The Balaban J connectivity index is 1.87. The average molecular weight is 478 g/mol. The number of allylic oxidation sites excluding steroid dienone is 1. The summed E-state index contributed by atoms with van der Waals surface area (Å²) < 4.78 is 19.4. The molecule has 0 radical (unpaired) electrons. The van der Waals surface area contributed by atoms with Crippen LogP contribution in [0.5, 0.6) is 11.5 Å². The van der Waals surface area contributed by atoms with Crippen LogP contribution in [0.25, 0.3) is 11.0 Å². The van der Waals surface area contributed by atoms with E-state index in [4.69, 9.17) is 19.2 Å². The Hall–Kier alpha value is -3.48. The first-order valence-corrected chi connectivity index (χ1v) is 12.4. The maximum atomic E-state index is 13.4. The zero-order chi connectivity index (χ0) is 24.9. The van der Waals surface area contributed by atoms with Crippen molar-refractivity contribution in [1.29, 1.82) is 0 Å². The summed E-state index contributed by atoms with van der Waals surface area (Å²) in [5.41, 5.74) is 4.14. The number of anilines is 1. The van der Waals surface area contributed by atoms with E-state index in [1.165, 1.54) is 0 Å². The molecule has 1 atom stereocenters. The molecule has 0 fully saturated rings. The van der Waals surface area contributed by atoms with Gasteiger partial charge in [-0.2, -0.15) is 0 Å². The molecule has 7 heteroatoms. The number of ether oxygens (including phenoxy) is 3. The summed E-state index contributed by atoms with van der Waals surface area (Å²) in [6.45, 7) is 9.18. The normalized spacial score (nSPS) is 15.2. The number of para-hydroxylation sites is 2. The number of carbonyl (C=O) groups excluding carboxylic acids is 1. The lowest BCUT2D eigenvalue weighted by Gasteiger charge is -2.31. The number of benzene rings is 2. The maximum absolute atomic E-state index is 13.4. The summed E-state index contributed by atoms with van der Waals surface area (Å²) in [5.74, 6) is 2.27. The zero-order valence-corrected chi connectivity index (χ0v) is 21.3. The van der Waals surface area contributed by atoms with Gasteiger partial charge in [0.2, 0.25) is 5.95 Å². The van der Waals surface area contributed by atoms with E-state index in [1.54, 1.807) is 7.11 Å². The van der Waals surface area contributed by atoms with Gasteiger partial charge in [0.25, 0.3) is 0 Å². The number of methoxy groups -OCH3 is 1. The van der Waals surface area contributed by atoms with Crippen molar-refractivity contribution in [2.75, 3.05) is 25.6 Å². The lowest BCUT2D eigenvalue weighted by molar-refractivity contribution is -0.139. The minimum Gasteiger partial charge on any atom is -0.493 e. The number of hydrogen-bond acceptors (Lipinski definition) is 6. The molecular formula is C28H35N3O4. The minimum atomic E-state index is -0.419. The molecule has 2 aromatic carbocycles.